The Hall–Kier alpha value is -0.120. The van der Waals surface area contributed by atoms with E-state index in [1.165, 1.54) is 45.1 Å². The van der Waals surface area contributed by atoms with Crippen molar-refractivity contribution in [3.05, 3.63) is 0 Å². The first-order valence-electron chi connectivity index (χ1n) is 6.74. The second-order valence-electron chi connectivity index (χ2n) is 5.25. The number of hydrogen-bond donors (Lipinski definition) is 1. The number of hydrogen-bond acceptors (Lipinski definition) is 3. The molecular weight excluding hydrogens is 202 g/mol. The molecular formula is C13H25NO2. The monoisotopic (exact) mass is 227 g/mol. The average Bonchev–Trinajstić information content (AvgIpc) is 2.38. The third-order valence-corrected chi connectivity index (χ3v) is 4.28. The highest BCUT2D eigenvalue weighted by atomic mass is 16.5. The molecule has 2 rings (SSSR count). The van der Waals surface area contributed by atoms with Crippen LogP contribution < -0.4 is 0 Å². The Balaban J connectivity index is 1.93. The van der Waals surface area contributed by atoms with E-state index in [4.69, 9.17) is 4.74 Å². The van der Waals surface area contributed by atoms with Crippen molar-refractivity contribution < 1.29 is 9.84 Å². The fraction of sp³-hybridized carbons (Fsp3) is 1.00. The van der Waals surface area contributed by atoms with Crippen molar-refractivity contribution in [1.82, 2.24) is 4.90 Å². The minimum Gasteiger partial charge on any atom is -0.395 e. The van der Waals surface area contributed by atoms with Gasteiger partial charge in [0.1, 0.15) is 0 Å². The lowest BCUT2D eigenvalue weighted by molar-refractivity contribution is -0.00865. The van der Waals surface area contributed by atoms with E-state index in [0.717, 1.165) is 6.42 Å². The van der Waals surface area contributed by atoms with Crippen LogP contribution >= 0.6 is 0 Å². The molecule has 1 saturated heterocycles. The quantitative estimate of drug-likeness (QED) is 0.798. The number of aliphatic hydroxyl groups excluding tert-OH is 1. The van der Waals surface area contributed by atoms with Gasteiger partial charge in [-0.25, -0.2) is 0 Å². The molecule has 0 bridgehead atoms. The largest absolute Gasteiger partial charge is 0.395 e. The van der Waals surface area contributed by atoms with Gasteiger partial charge >= 0.3 is 0 Å². The van der Waals surface area contributed by atoms with Gasteiger partial charge in [-0.05, 0) is 45.1 Å². The first kappa shape index (κ1) is 12.3. The number of rotatable bonds is 3. The summed E-state index contributed by atoms with van der Waals surface area (Å²) in [6, 6.07) is 1.06. The molecule has 2 aliphatic rings. The molecule has 1 saturated carbocycles. The maximum Gasteiger partial charge on any atom is 0.0586 e. The third-order valence-electron chi connectivity index (χ3n) is 4.28. The SMILES string of the molecule is COC1CCCC(N2CCCCC2CO)C1. The number of methoxy groups -OCH3 is 1. The summed E-state index contributed by atoms with van der Waals surface area (Å²) < 4.78 is 5.49. The Morgan fingerprint density at radius 2 is 2.06 bits per heavy atom. The van der Waals surface area contributed by atoms with E-state index in [1.807, 2.05) is 7.11 Å². The van der Waals surface area contributed by atoms with E-state index < -0.39 is 0 Å². The van der Waals surface area contributed by atoms with Gasteiger partial charge in [0.05, 0.1) is 12.7 Å². The van der Waals surface area contributed by atoms with Crippen molar-refractivity contribution in [1.29, 1.82) is 0 Å². The lowest BCUT2D eigenvalue weighted by Gasteiger charge is -2.43. The van der Waals surface area contributed by atoms with Gasteiger partial charge in [-0.1, -0.05) is 6.42 Å². The molecule has 1 aliphatic heterocycles. The van der Waals surface area contributed by atoms with Gasteiger partial charge in [0.2, 0.25) is 0 Å². The van der Waals surface area contributed by atoms with Crippen molar-refractivity contribution in [2.75, 3.05) is 20.3 Å². The number of ether oxygens (including phenoxy) is 1. The van der Waals surface area contributed by atoms with Crippen LogP contribution in [0.4, 0.5) is 0 Å². The molecule has 1 heterocycles. The van der Waals surface area contributed by atoms with Crippen LogP contribution in [0, 0.1) is 0 Å². The summed E-state index contributed by atoms with van der Waals surface area (Å²) in [6.45, 7) is 1.50. The van der Waals surface area contributed by atoms with Crippen LogP contribution in [0.3, 0.4) is 0 Å². The predicted octanol–water partition coefficient (Wildman–Crippen LogP) is 1.79. The molecule has 0 aromatic rings. The van der Waals surface area contributed by atoms with Crippen LogP contribution in [0.2, 0.25) is 0 Å². The second-order valence-corrected chi connectivity index (χ2v) is 5.25. The molecule has 1 N–H and O–H groups in total. The fourth-order valence-electron chi connectivity index (χ4n) is 3.34. The molecule has 0 spiro atoms. The maximum absolute atomic E-state index is 9.44. The lowest BCUT2D eigenvalue weighted by Crippen LogP contribution is -2.50. The van der Waals surface area contributed by atoms with Gasteiger partial charge in [0.15, 0.2) is 0 Å². The van der Waals surface area contributed by atoms with E-state index in [2.05, 4.69) is 4.90 Å². The first-order chi connectivity index (χ1) is 7.85. The van der Waals surface area contributed by atoms with Crippen molar-refractivity contribution in [3.63, 3.8) is 0 Å². The topological polar surface area (TPSA) is 32.7 Å². The van der Waals surface area contributed by atoms with Crippen LogP contribution in [0.25, 0.3) is 0 Å². The van der Waals surface area contributed by atoms with Gasteiger partial charge < -0.3 is 9.84 Å². The van der Waals surface area contributed by atoms with Crippen molar-refractivity contribution in [2.24, 2.45) is 0 Å². The van der Waals surface area contributed by atoms with Crippen LogP contribution in [0.15, 0.2) is 0 Å². The van der Waals surface area contributed by atoms with Crippen LogP contribution in [0.5, 0.6) is 0 Å². The Kier molecular flexibility index (Phi) is 4.62. The second kappa shape index (κ2) is 5.99. The smallest absolute Gasteiger partial charge is 0.0586 e. The summed E-state index contributed by atoms with van der Waals surface area (Å²) in [5.74, 6) is 0. The zero-order valence-electron chi connectivity index (χ0n) is 10.4. The average molecular weight is 227 g/mol. The summed E-state index contributed by atoms with van der Waals surface area (Å²) in [5.41, 5.74) is 0. The maximum atomic E-state index is 9.44. The summed E-state index contributed by atoms with van der Waals surface area (Å²) in [4.78, 5) is 2.55. The van der Waals surface area contributed by atoms with E-state index in [-0.39, 0.29) is 0 Å². The minimum atomic E-state index is 0.328. The van der Waals surface area contributed by atoms with Crippen LogP contribution in [-0.2, 0) is 4.74 Å². The first-order valence-corrected chi connectivity index (χ1v) is 6.74. The van der Waals surface area contributed by atoms with E-state index >= 15 is 0 Å². The number of nitrogens with zero attached hydrogens (tertiary/aromatic N) is 1. The van der Waals surface area contributed by atoms with Gasteiger partial charge in [0.25, 0.3) is 0 Å². The highest BCUT2D eigenvalue weighted by molar-refractivity contribution is 4.86. The molecule has 3 nitrogen and oxygen atoms in total. The highest BCUT2D eigenvalue weighted by Crippen LogP contribution is 2.29. The Labute approximate surface area is 98.8 Å². The Morgan fingerprint density at radius 3 is 2.81 bits per heavy atom. The summed E-state index contributed by atoms with van der Waals surface area (Å²) in [7, 11) is 1.83. The van der Waals surface area contributed by atoms with Gasteiger partial charge in [-0.3, -0.25) is 4.90 Å². The van der Waals surface area contributed by atoms with Crippen molar-refractivity contribution >= 4 is 0 Å². The third kappa shape index (κ3) is 2.76. The number of aliphatic hydroxyl groups is 1. The number of piperidine rings is 1. The standard InChI is InChI=1S/C13H25NO2/c1-16-13-7-4-6-11(9-13)14-8-3-2-5-12(14)10-15/h11-13,15H,2-10H2,1H3. The molecule has 3 unspecified atom stereocenters. The molecule has 1 aliphatic carbocycles. The van der Waals surface area contributed by atoms with E-state index in [1.54, 1.807) is 0 Å². The van der Waals surface area contributed by atoms with E-state index in [9.17, 15) is 5.11 Å². The van der Waals surface area contributed by atoms with E-state index in [0.29, 0.717) is 24.8 Å². The fourth-order valence-corrected chi connectivity index (χ4v) is 3.34. The molecule has 3 heteroatoms. The Bertz CT molecular complexity index is 210. The molecule has 0 amide bonds. The molecule has 0 radical (unpaired) electrons. The van der Waals surface area contributed by atoms with Crippen LogP contribution in [0.1, 0.15) is 44.9 Å². The van der Waals surface area contributed by atoms with Crippen molar-refractivity contribution in [2.45, 2.75) is 63.1 Å². The molecule has 16 heavy (non-hydrogen) atoms. The summed E-state index contributed by atoms with van der Waals surface area (Å²) in [5, 5.41) is 9.44. The number of likely N-dealkylation sites (tertiary alicyclic amines) is 1. The lowest BCUT2D eigenvalue weighted by atomic mass is 9.88. The molecule has 0 aromatic carbocycles. The molecule has 2 fully saturated rings. The van der Waals surface area contributed by atoms with Crippen molar-refractivity contribution in [3.8, 4) is 0 Å². The molecule has 0 aromatic heterocycles. The summed E-state index contributed by atoms with van der Waals surface area (Å²) in [6.07, 6.45) is 9.13. The summed E-state index contributed by atoms with van der Waals surface area (Å²) >= 11 is 0. The zero-order chi connectivity index (χ0) is 11.4. The molecule has 94 valence electrons. The van der Waals surface area contributed by atoms with Crippen LogP contribution in [-0.4, -0.2) is 48.5 Å². The van der Waals surface area contributed by atoms with Gasteiger partial charge in [0, 0.05) is 19.2 Å². The minimum absolute atomic E-state index is 0.328. The van der Waals surface area contributed by atoms with Gasteiger partial charge in [-0.15, -0.1) is 0 Å². The normalized spacial score (nSPS) is 37.5. The zero-order valence-corrected chi connectivity index (χ0v) is 10.4. The Morgan fingerprint density at radius 1 is 1.19 bits per heavy atom. The van der Waals surface area contributed by atoms with Gasteiger partial charge in [-0.2, -0.15) is 0 Å². The predicted molar refractivity (Wildman–Crippen MR) is 64.5 cm³/mol. The molecule has 3 atom stereocenters. The highest BCUT2D eigenvalue weighted by Gasteiger charge is 2.32.